The Bertz CT molecular complexity index is 322. The Morgan fingerprint density at radius 3 is 2.44 bits per heavy atom. The Kier molecular flexibility index (Phi) is 4.84. The number of piperidine rings is 1. The van der Waals surface area contributed by atoms with Crippen molar-refractivity contribution in [3.05, 3.63) is 0 Å². The molecule has 1 unspecified atom stereocenters. The molecule has 2 amide bonds. The van der Waals surface area contributed by atoms with E-state index in [9.17, 15) is 9.59 Å². The van der Waals surface area contributed by atoms with Crippen LogP contribution in [0.25, 0.3) is 0 Å². The Hall–Kier alpha value is -1.50. The van der Waals surface area contributed by atoms with Crippen molar-refractivity contribution in [2.45, 2.75) is 39.2 Å². The van der Waals surface area contributed by atoms with Gasteiger partial charge in [0.25, 0.3) is 5.91 Å². The van der Waals surface area contributed by atoms with Crippen molar-refractivity contribution in [2.24, 2.45) is 0 Å². The van der Waals surface area contributed by atoms with E-state index in [-0.39, 0.29) is 11.8 Å². The maximum Gasteiger partial charge on any atom is 0.296 e. The highest BCUT2D eigenvalue weighted by molar-refractivity contribution is 5.96. The van der Waals surface area contributed by atoms with Gasteiger partial charge in [-0.2, -0.15) is 0 Å². The van der Waals surface area contributed by atoms with Gasteiger partial charge in [-0.25, -0.2) is 0 Å². The highest BCUT2D eigenvalue weighted by Gasteiger charge is 2.22. The molecule has 16 heavy (non-hydrogen) atoms. The monoisotopic (exact) mass is 222 g/mol. The minimum Gasteiger partial charge on any atom is -0.341 e. The van der Waals surface area contributed by atoms with Gasteiger partial charge in [-0.3, -0.25) is 9.59 Å². The summed E-state index contributed by atoms with van der Waals surface area (Å²) in [5.74, 6) is 4.47. The number of rotatable bonds is 2. The summed E-state index contributed by atoms with van der Waals surface area (Å²) >= 11 is 0. The van der Waals surface area contributed by atoms with Gasteiger partial charge >= 0.3 is 0 Å². The molecular formula is C12H18N2O2. The Labute approximate surface area is 96.4 Å². The van der Waals surface area contributed by atoms with Crippen LogP contribution in [0.5, 0.6) is 0 Å². The summed E-state index contributed by atoms with van der Waals surface area (Å²) < 4.78 is 0. The third-order valence-corrected chi connectivity index (χ3v) is 2.62. The van der Waals surface area contributed by atoms with Crippen molar-refractivity contribution in [1.82, 2.24) is 10.2 Å². The van der Waals surface area contributed by atoms with E-state index in [2.05, 4.69) is 17.2 Å². The van der Waals surface area contributed by atoms with E-state index in [1.807, 2.05) is 4.90 Å². The molecule has 1 heterocycles. The fraction of sp³-hybridized carbons (Fsp3) is 0.667. The summed E-state index contributed by atoms with van der Waals surface area (Å²) in [7, 11) is 0. The zero-order valence-corrected chi connectivity index (χ0v) is 9.88. The van der Waals surface area contributed by atoms with Gasteiger partial charge in [-0.1, -0.05) is 5.92 Å². The van der Waals surface area contributed by atoms with Crippen molar-refractivity contribution in [3.63, 3.8) is 0 Å². The smallest absolute Gasteiger partial charge is 0.296 e. The van der Waals surface area contributed by atoms with Gasteiger partial charge in [-0.05, 0) is 39.0 Å². The first kappa shape index (κ1) is 12.6. The molecule has 1 fully saturated rings. The molecule has 0 aromatic rings. The van der Waals surface area contributed by atoms with Crippen molar-refractivity contribution in [2.75, 3.05) is 13.1 Å². The SMILES string of the molecule is CC#CC(=O)NC(C)C(=O)N1CCCCC1. The topological polar surface area (TPSA) is 49.4 Å². The maximum absolute atomic E-state index is 11.9. The van der Waals surface area contributed by atoms with Gasteiger partial charge in [-0.15, -0.1) is 0 Å². The average molecular weight is 222 g/mol. The Balaban J connectivity index is 2.45. The summed E-state index contributed by atoms with van der Waals surface area (Å²) in [6, 6.07) is -0.480. The lowest BCUT2D eigenvalue weighted by Crippen LogP contribution is -2.48. The normalized spacial score (nSPS) is 17.0. The lowest BCUT2D eigenvalue weighted by molar-refractivity contribution is -0.135. The predicted octanol–water partition coefficient (Wildman–Crippen LogP) is 0.527. The van der Waals surface area contributed by atoms with Crippen molar-refractivity contribution in [1.29, 1.82) is 0 Å². The number of hydrogen-bond donors (Lipinski definition) is 1. The molecule has 0 saturated carbocycles. The molecule has 1 aliphatic rings. The van der Waals surface area contributed by atoms with Gasteiger partial charge < -0.3 is 10.2 Å². The van der Waals surface area contributed by atoms with Gasteiger partial charge in [0.2, 0.25) is 5.91 Å². The summed E-state index contributed by atoms with van der Waals surface area (Å²) in [5, 5.41) is 2.57. The number of carbonyl (C=O) groups excluding carboxylic acids is 2. The molecule has 1 saturated heterocycles. The van der Waals surface area contributed by atoms with Crippen molar-refractivity contribution >= 4 is 11.8 Å². The molecule has 1 N–H and O–H groups in total. The van der Waals surface area contributed by atoms with Gasteiger partial charge in [0, 0.05) is 13.1 Å². The summed E-state index contributed by atoms with van der Waals surface area (Å²) in [5.41, 5.74) is 0. The van der Waals surface area contributed by atoms with Crippen LogP contribution in [0.1, 0.15) is 33.1 Å². The Morgan fingerprint density at radius 2 is 1.88 bits per heavy atom. The van der Waals surface area contributed by atoms with Crippen LogP contribution in [0, 0.1) is 11.8 Å². The zero-order valence-electron chi connectivity index (χ0n) is 9.88. The van der Waals surface area contributed by atoms with E-state index in [0.29, 0.717) is 0 Å². The van der Waals surface area contributed by atoms with E-state index >= 15 is 0 Å². The minimum absolute atomic E-state index is 0.00838. The number of carbonyl (C=O) groups is 2. The quantitative estimate of drug-likeness (QED) is 0.693. The standard InChI is InChI=1S/C12H18N2O2/c1-3-7-11(15)13-10(2)12(16)14-8-5-4-6-9-14/h10H,4-6,8-9H2,1-2H3,(H,13,15). The van der Waals surface area contributed by atoms with Gasteiger partial charge in [0.1, 0.15) is 6.04 Å². The van der Waals surface area contributed by atoms with Crippen LogP contribution in [0.4, 0.5) is 0 Å². The summed E-state index contributed by atoms with van der Waals surface area (Å²) in [6.45, 7) is 4.90. The number of amides is 2. The van der Waals surface area contributed by atoms with E-state index in [0.717, 1.165) is 25.9 Å². The second kappa shape index (κ2) is 6.16. The second-order valence-electron chi connectivity index (χ2n) is 3.96. The fourth-order valence-electron chi connectivity index (χ4n) is 1.80. The largest absolute Gasteiger partial charge is 0.341 e. The van der Waals surface area contributed by atoms with Gasteiger partial charge in [0.05, 0.1) is 0 Å². The van der Waals surface area contributed by atoms with Crippen molar-refractivity contribution < 1.29 is 9.59 Å². The molecule has 0 radical (unpaired) electrons. The molecule has 0 spiro atoms. The number of likely N-dealkylation sites (tertiary alicyclic amines) is 1. The number of hydrogen-bond acceptors (Lipinski definition) is 2. The lowest BCUT2D eigenvalue weighted by atomic mass is 10.1. The lowest BCUT2D eigenvalue weighted by Gasteiger charge is -2.29. The number of nitrogens with one attached hydrogen (secondary N) is 1. The fourth-order valence-corrected chi connectivity index (χ4v) is 1.80. The number of nitrogens with zero attached hydrogens (tertiary/aromatic N) is 1. The molecule has 0 aliphatic carbocycles. The first-order chi connectivity index (χ1) is 7.65. The molecule has 88 valence electrons. The molecule has 0 aromatic heterocycles. The zero-order chi connectivity index (χ0) is 12.0. The highest BCUT2D eigenvalue weighted by atomic mass is 16.2. The summed E-state index contributed by atoms with van der Waals surface area (Å²) in [6.07, 6.45) is 3.30. The van der Waals surface area contributed by atoms with Crippen LogP contribution in [-0.4, -0.2) is 35.8 Å². The van der Waals surface area contributed by atoms with Crippen molar-refractivity contribution in [3.8, 4) is 11.8 Å². The van der Waals surface area contributed by atoms with Crippen LogP contribution >= 0.6 is 0 Å². The highest BCUT2D eigenvalue weighted by Crippen LogP contribution is 2.09. The van der Waals surface area contributed by atoms with Crippen LogP contribution in [0.15, 0.2) is 0 Å². The van der Waals surface area contributed by atoms with Crippen LogP contribution < -0.4 is 5.32 Å². The molecule has 4 nitrogen and oxygen atoms in total. The van der Waals surface area contributed by atoms with Crippen LogP contribution in [0.2, 0.25) is 0 Å². The van der Waals surface area contributed by atoms with Crippen LogP contribution in [-0.2, 0) is 9.59 Å². The second-order valence-corrected chi connectivity index (χ2v) is 3.96. The van der Waals surface area contributed by atoms with Crippen LogP contribution in [0.3, 0.4) is 0 Å². The predicted molar refractivity (Wildman–Crippen MR) is 61.5 cm³/mol. The first-order valence-electron chi connectivity index (χ1n) is 5.67. The van der Waals surface area contributed by atoms with E-state index < -0.39 is 6.04 Å². The first-order valence-corrected chi connectivity index (χ1v) is 5.67. The maximum atomic E-state index is 11.9. The minimum atomic E-state index is -0.480. The van der Waals surface area contributed by atoms with E-state index in [1.165, 1.54) is 6.42 Å². The van der Waals surface area contributed by atoms with E-state index in [1.54, 1.807) is 13.8 Å². The van der Waals surface area contributed by atoms with E-state index in [4.69, 9.17) is 0 Å². The average Bonchev–Trinajstić information content (AvgIpc) is 2.29. The molecular weight excluding hydrogens is 204 g/mol. The Morgan fingerprint density at radius 1 is 1.25 bits per heavy atom. The third kappa shape index (κ3) is 3.58. The molecule has 1 rings (SSSR count). The summed E-state index contributed by atoms with van der Waals surface area (Å²) in [4.78, 5) is 24.9. The molecule has 0 bridgehead atoms. The molecule has 0 aromatic carbocycles. The molecule has 1 aliphatic heterocycles. The van der Waals surface area contributed by atoms with Gasteiger partial charge in [0.15, 0.2) is 0 Å². The molecule has 4 heteroatoms. The third-order valence-electron chi connectivity index (χ3n) is 2.62. The molecule has 1 atom stereocenters.